The zero-order chi connectivity index (χ0) is 30.3. The summed E-state index contributed by atoms with van der Waals surface area (Å²) in [6, 6.07) is 11.2. The summed E-state index contributed by atoms with van der Waals surface area (Å²) < 4.78 is 40.5. The minimum Gasteiger partial charge on any atom is -0.490 e. The number of nitrogens with zero attached hydrogens (tertiary/aromatic N) is 3. The maximum absolute atomic E-state index is 14.1. The second-order valence-corrected chi connectivity index (χ2v) is 13.6. The molecule has 0 radical (unpaired) electrons. The molecule has 0 aliphatic carbocycles. The Morgan fingerprint density at radius 1 is 1.10 bits per heavy atom. The second kappa shape index (κ2) is 14.7. The largest absolute Gasteiger partial charge is 0.490 e. The van der Waals surface area contributed by atoms with Gasteiger partial charge in [0.2, 0.25) is 10.0 Å². The van der Waals surface area contributed by atoms with Gasteiger partial charge in [-0.15, -0.1) is 0 Å². The van der Waals surface area contributed by atoms with Gasteiger partial charge >= 0.3 is 0 Å². The molecule has 0 bridgehead atoms. The minimum absolute atomic E-state index is 0.0997. The van der Waals surface area contributed by atoms with Gasteiger partial charge in [-0.05, 0) is 75.6 Å². The molecule has 1 amide bonds. The molecule has 0 saturated heterocycles. The minimum atomic E-state index is -3.79. The number of ether oxygens (including phenoxy) is 2. The molecule has 2 aromatic rings. The fraction of sp³-hybridized carbons (Fsp3) is 0.567. The Hall–Kier alpha value is -2.37. The van der Waals surface area contributed by atoms with Gasteiger partial charge in [-0.3, -0.25) is 4.79 Å². The van der Waals surface area contributed by atoms with E-state index in [0.29, 0.717) is 22.9 Å². The van der Waals surface area contributed by atoms with Crippen LogP contribution >= 0.6 is 11.6 Å². The molecule has 0 spiro atoms. The number of carbonyl (C=O) groups is 1. The van der Waals surface area contributed by atoms with Crippen molar-refractivity contribution >= 4 is 33.2 Å². The number of halogens is 1. The molecule has 1 heterocycles. The van der Waals surface area contributed by atoms with Crippen LogP contribution in [0.4, 0.5) is 5.69 Å². The van der Waals surface area contributed by atoms with E-state index in [1.165, 1.54) is 23.5 Å². The van der Waals surface area contributed by atoms with Crippen molar-refractivity contribution < 1.29 is 27.8 Å². The third-order valence-corrected chi connectivity index (χ3v) is 9.60. The van der Waals surface area contributed by atoms with Gasteiger partial charge in [-0.2, -0.15) is 4.31 Å². The van der Waals surface area contributed by atoms with Gasteiger partial charge in [0.15, 0.2) is 0 Å². The van der Waals surface area contributed by atoms with Gasteiger partial charge in [0.25, 0.3) is 5.91 Å². The number of amides is 1. The average Bonchev–Trinajstić information content (AvgIpc) is 2.93. The molecule has 1 aliphatic rings. The van der Waals surface area contributed by atoms with Gasteiger partial charge in [0.1, 0.15) is 5.75 Å². The average molecular weight is 610 g/mol. The van der Waals surface area contributed by atoms with E-state index in [4.69, 9.17) is 21.1 Å². The number of benzene rings is 2. The third kappa shape index (κ3) is 8.58. The summed E-state index contributed by atoms with van der Waals surface area (Å²) in [5.74, 6) is -0.00382. The number of anilines is 1. The van der Waals surface area contributed by atoms with Crippen molar-refractivity contribution in [3.05, 3.63) is 53.1 Å². The number of hydrogen-bond acceptors (Lipinski definition) is 7. The first kappa shape index (κ1) is 33.1. The van der Waals surface area contributed by atoms with Crippen LogP contribution in [0, 0.1) is 5.92 Å². The summed E-state index contributed by atoms with van der Waals surface area (Å²) in [5.41, 5.74) is 1.28. The van der Waals surface area contributed by atoms with Crippen molar-refractivity contribution in [3.63, 3.8) is 0 Å². The van der Waals surface area contributed by atoms with E-state index < -0.39 is 22.2 Å². The van der Waals surface area contributed by atoms with Crippen LogP contribution < -0.4 is 9.64 Å². The SMILES string of the molecule is C[C@@H]1CCCCO[C@H](CN(C)S(=O)(=O)c2ccc(Cl)cc2)[C@H](C)CN([C@H](C)CO)C(=O)c2cc(N(C)C)ccc2O1. The number of rotatable bonds is 7. The van der Waals surface area contributed by atoms with Gasteiger partial charge in [-0.25, -0.2) is 8.42 Å². The topological polar surface area (TPSA) is 99.6 Å². The molecule has 2 aromatic carbocycles. The van der Waals surface area contributed by atoms with Crippen LogP contribution in [-0.2, 0) is 14.8 Å². The molecule has 1 aliphatic heterocycles. The second-order valence-electron chi connectivity index (χ2n) is 11.1. The number of fused-ring (bicyclic) bond motifs is 1. The summed E-state index contributed by atoms with van der Waals surface area (Å²) in [6.45, 7) is 6.29. The maximum atomic E-state index is 14.1. The Morgan fingerprint density at radius 2 is 1.78 bits per heavy atom. The van der Waals surface area contributed by atoms with E-state index in [2.05, 4.69) is 0 Å². The van der Waals surface area contributed by atoms with Gasteiger partial charge in [-0.1, -0.05) is 18.5 Å². The number of sulfonamides is 1. The Bertz CT molecular complexity index is 1260. The summed E-state index contributed by atoms with van der Waals surface area (Å²) in [7, 11) is 1.55. The van der Waals surface area contributed by atoms with Crippen molar-refractivity contribution in [1.29, 1.82) is 0 Å². The molecule has 41 heavy (non-hydrogen) atoms. The van der Waals surface area contributed by atoms with Crippen molar-refractivity contribution in [2.45, 2.75) is 63.2 Å². The van der Waals surface area contributed by atoms with Crippen LogP contribution in [0.15, 0.2) is 47.4 Å². The Labute approximate surface area is 250 Å². The van der Waals surface area contributed by atoms with Crippen LogP contribution in [0.1, 0.15) is 50.4 Å². The standard InChI is InChI=1S/C30H44ClN3O6S/c1-21-18-34(22(2)20-35)30(36)27-17-25(32(4)5)12-15-28(27)40-23(3)9-7-8-16-39-29(21)19-33(6)41(37,38)26-13-10-24(31)11-14-26/h10-15,17,21-23,29,35H,7-9,16,18-20H2,1-6H3/t21-,22-,23-,29-/m1/s1. The van der Waals surface area contributed by atoms with E-state index in [1.54, 1.807) is 24.0 Å². The monoisotopic (exact) mass is 609 g/mol. The summed E-state index contributed by atoms with van der Waals surface area (Å²) in [4.78, 5) is 17.8. The van der Waals surface area contributed by atoms with Crippen molar-refractivity contribution in [1.82, 2.24) is 9.21 Å². The number of aliphatic hydroxyl groups excluding tert-OH is 1. The number of carbonyl (C=O) groups excluding carboxylic acids is 1. The fourth-order valence-corrected chi connectivity index (χ4v) is 6.10. The predicted molar refractivity (Wildman–Crippen MR) is 162 cm³/mol. The molecule has 3 rings (SSSR count). The Balaban J connectivity index is 1.96. The van der Waals surface area contributed by atoms with Crippen molar-refractivity contribution in [2.24, 2.45) is 5.92 Å². The molecule has 0 fully saturated rings. The molecule has 0 saturated carbocycles. The summed E-state index contributed by atoms with van der Waals surface area (Å²) >= 11 is 5.96. The lowest BCUT2D eigenvalue weighted by Gasteiger charge is -2.35. The number of hydrogen-bond donors (Lipinski definition) is 1. The highest BCUT2D eigenvalue weighted by Gasteiger charge is 2.32. The normalized spacial score (nSPS) is 22.0. The lowest BCUT2D eigenvalue weighted by atomic mass is 10.0. The van der Waals surface area contributed by atoms with Crippen LogP contribution in [0.2, 0.25) is 5.02 Å². The summed E-state index contributed by atoms with van der Waals surface area (Å²) in [5, 5.41) is 10.6. The molecule has 228 valence electrons. The Morgan fingerprint density at radius 3 is 2.41 bits per heavy atom. The van der Waals surface area contributed by atoms with Gasteiger partial charge in [0.05, 0.1) is 35.3 Å². The zero-order valence-electron chi connectivity index (χ0n) is 24.9. The van der Waals surface area contributed by atoms with E-state index in [9.17, 15) is 18.3 Å². The van der Waals surface area contributed by atoms with E-state index in [1.807, 2.05) is 51.0 Å². The zero-order valence-corrected chi connectivity index (χ0v) is 26.5. The molecule has 9 nitrogen and oxygen atoms in total. The molecule has 4 atom stereocenters. The smallest absolute Gasteiger partial charge is 0.258 e. The fourth-order valence-electron chi connectivity index (χ4n) is 4.79. The number of aliphatic hydroxyl groups is 1. The first-order valence-electron chi connectivity index (χ1n) is 14.1. The molecular formula is C30H44ClN3O6S. The predicted octanol–water partition coefficient (Wildman–Crippen LogP) is 4.52. The van der Waals surface area contributed by atoms with Crippen LogP contribution in [0.5, 0.6) is 5.75 Å². The molecule has 0 aromatic heterocycles. The van der Waals surface area contributed by atoms with Gasteiger partial charge in [0, 0.05) is 57.5 Å². The van der Waals surface area contributed by atoms with E-state index in [0.717, 1.165) is 24.9 Å². The molecule has 0 unspecified atom stereocenters. The first-order valence-corrected chi connectivity index (χ1v) is 15.9. The third-order valence-electron chi connectivity index (χ3n) is 7.51. The van der Waals surface area contributed by atoms with Crippen LogP contribution in [0.3, 0.4) is 0 Å². The van der Waals surface area contributed by atoms with E-state index >= 15 is 0 Å². The highest BCUT2D eigenvalue weighted by molar-refractivity contribution is 7.89. The molecule has 11 heteroatoms. The van der Waals surface area contributed by atoms with Crippen molar-refractivity contribution in [3.8, 4) is 5.75 Å². The Kier molecular flexibility index (Phi) is 11.9. The number of likely N-dealkylation sites (N-methyl/N-ethyl adjacent to an activating group) is 1. The highest BCUT2D eigenvalue weighted by atomic mass is 35.5. The molecule has 1 N–H and O–H groups in total. The van der Waals surface area contributed by atoms with Gasteiger partial charge < -0.3 is 24.4 Å². The van der Waals surface area contributed by atoms with Crippen molar-refractivity contribution in [2.75, 3.05) is 52.3 Å². The summed E-state index contributed by atoms with van der Waals surface area (Å²) in [6.07, 6.45) is 1.80. The lowest BCUT2D eigenvalue weighted by Crippen LogP contribution is -2.48. The maximum Gasteiger partial charge on any atom is 0.258 e. The quantitative estimate of drug-likeness (QED) is 0.493. The first-order chi connectivity index (χ1) is 19.3. The van der Waals surface area contributed by atoms with E-state index in [-0.39, 0.29) is 42.5 Å². The lowest BCUT2D eigenvalue weighted by molar-refractivity contribution is -0.00833. The van der Waals surface area contributed by atoms with Crippen LogP contribution in [-0.4, -0.2) is 94.3 Å². The highest BCUT2D eigenvalue weighted by Crippen LogP contribution is 2.29. The van der Waals surface area contributed by atoms with Crippen LogP contribution in [0.25, 0.3) is 0 Å². The molecular weight excluding hydrogens is 566 g/mol.